The number of fused-ring (bicyclic) bond motifs is 3. The van der Waals surface area contributed by atoms with E-state index < -0.39 is 64.4 Å². The summed E-state index contributed by atoms with van der Waals surface area (Å²) < 4.78 is 5.81. The van der Waals surface area contributed by atoms with Gasteiger partial charge in [-0.2, -0.15) is 0 Å². The molecule has 0 aliphatic heterocycles. The summed E-state index contributed by atoms with van der Waals surface area (Å²) in [5.74, 6) is -9.46. The van der Waals surface area contributed by atoms with E-state index in [0.29, 0.717) is 23.8 Å². The van der Waals surface area contributed by atoms with Crippen molar-refractivity contribution in [2.45, 2.75) is 57.2 Å². The molecule has 4 N–H and O–H groups in total. The molecule has 5 rings (SSSR count). The van der Waals surface area contributed by atoms with Gasteiger partial charge in [-0.3, -0.25) is 33.8 Å². The summed E-state index contributed by atoms with van der Waals surface area (Å²) in [5.41, 5.74) is 3.79. The zero-order valence-corrected chi connectivity index (χ0v) is 24.0. The summed E-state index contributed by atoms with van der Waals surface area (Å²) in [6.07, 6.45) is 3.80. The van der Waals surface area contributed by atoms with Gasteiger partial charge in [0.1, 0.15) is 11.5 Å². The number of methoxy groups -OCH3 is 1. The van der Waals surface area contributed by atoms with Gasteiger partial charge in [-0.1, -0.05) is 13.3 Å². The standard InChI is InChI=1S/C30H39N3O8/c1-5-33(12-14-7-6-8-14)13-16-11-19(34)21-17(26(16)41-4)9-15-10-18-23(32(2)3)25(36)22(29(31)39)28(38)30(18,40)27(37)20(15)24(21)35/h11,14-15,18,20,22-23,34,40H,5-10,12-13H2,1-4H3,(H2,31,39)/t15-,18-,20?,22?,23-,30-/m0/s1. The van der Waals surface area contributed by atoms with Gasteiger partial charge in [0.2, 0.25) is 5.91 Å². The minimum atomic E-state index is -2.74. The summed E-state index contributed by atoms with van der Waals surface area (Å²) in [7, 11) is 4.63. The first-order valence-electron chi connectivity index (χ1n) is 14.3. The average molecular weight is 570 g/mol. The van der Waals surface area contributed by atoms with Crippen LogP contribution in [0.4, 0.5) is 0 Å². The molecule has 1 amide bonds. The number of benzene rings is 1. The van der Waals surface area contributed by atoms with E-state index in [2.05, 4.69) is 11.8 Å². The summed E-state index contributed by atoms with van der Waals surface area (Å²) in [6, 6.07) is 0.364. The molecule has 1 aromatic carbocycles. The number of carbonyl (C=O) groups is 5. The number of aliphatic hydroxyl groups is 1. The van der Waals surface area contributed by atoms with Crippen molar-refractivity contribution in [3.05, 3.63) is 22.8 Å². The molecule has 41 heavy (non-hydrogen) atoms. The molecule has 11 nitrogen and oxygen atoms in total. The summed E-state index contributed by atoms with van der Waals surface area (Å²) in [5, 5.41) is 22.8. The quantitative estimate of drug-likeness (QED) is 0.375. The molecule has 3 saturated carbocycles. The number of rotatable bonds is 8. The Morgan fingerprint density at radius 2 is 1.85 bits per heavy atom. The van der Waals surface area contributed by atoms with Gasteiger partial charge in [-0.25, -0.2) is 0 Å². The number of primary amides is 1. The minimum Gasteiger partial charge on any atom is -0.507 e. The van der Waals surface area contributed by atoms with E-state index >= 15 is 0 Å². The number of aromatic hydroxyl groups is 1. The monoisotopic (exact) mass is 569 g/mol. The first kappa shape index (κ1) is 29.3. The fourth-order valence-electron chi connectivity index (χ4n) is 7.68. The van der Waals surface area contributed by atoms with Gasteiger partial charge in [0.15, 0.2) is 34.7 Å². The number of phenols is 1. The first-order chi connectivity index (χ1) is 19.4. The smallest absolute Gasteiger partial charge is 0.235 e. The number of ether oxygens (including phenoxy) is 1. The predicted molar refractivity (Wildman–Crippen MR) is 146 cm³/mol. The van der Waals surface area contributed by atoms with Crippen molar-refractivity contribution in [3.8, 4) is 11.5 Å². The van der Waals surface area contributed by atoms with E-state index in [1.165, 1.54) is 37.3 Å². The van der Waals surface area contributed by atoms with Gasteiger partial charge in [-0.05, 0) is 64.2 Å². The number of likely N-dealkylation sites (N-methyl/N-ethyl adjacent to an activating group) is 1. The van der Waals surface area contributed by atoms with Gasteiger partial charge in [0, 0.05) is 30.1 Å². The Morgan fingerprint density at radius 1 is 1.17 bits per heavy atom. The van der Waals surface area contributed by atoms with Crippen molar-refractivity contribution in [3.63, 3.8) is 0 Å². The van der Waals surface area contributed by atoms with E-state index in [1.807, 2.05) is 0 Å². The van der Waals surface area contributed by atoms with Crippen LogP contribution in [-0.2, 0) is 32.1 Å². The fourth-order valence-corrected chi connectivity index (χ4v) is 7.68. The van der Waals surface area contributed by atoms with Crippen molar-refractivity contribution in [1.29, 1.82) is 0 Å². The van der Waals surface area contributed by atoms with E-state index in [-0.39, 0.29) is 24.2 Å². The van der Waals surface area contributed by atoms with Crippen LogP contribution in [0.1, 0.15) is 54.1 Å². The van der Waals surface area contributed by atoms with Crippen molar-refractivity contribution >= 4 is 29.0 Å². The molecule has 2 unspecified atom stereocenters. The average Bonchev–Trinajstić information content (AvgIpc) is 2.87. The molecule has 1 aromatic rings. The van der Waals surface area contributed by atoms with Crippen LogP contribution in [0.3, 0.4) is 0 Å². The number of ketones is 4. The Hall–Kier alpha value is -3.15. The first-order valence-corrected chi connectivity index (χ1v) is 14.3. The highest BCUT2D eigenvalue weighted by molar-refractivity contribution is 6.32. The second-order valence-electron chi connectivity index (χ2n) is 12.4. The number of hydrogen-bond acceptors (Lipinski definition) is 10. The van der Waals surface area contributed by atoms with Gasteiger partial charge in [0.25, 0.3) is 0 Å². The lowest BCUT2D eigenvalue weighted by atomic mass is 9.52. The molecule has 0 aromatic heterocycles. The topological polar surface area (TPSA) is 168 Å². The lowest BCUT2D eigenvalue weighted by Crippen LogP contribution is -2.74. The third-order valence-electron chi connectivity index (χ3n) is 9.87. The van der Waals surface area contributed by atoms with Crippen LogP contribution >= 0.6 is 0 Å². The molecule has 0 saturated heterocycles. The summed E-state index contributed by atoms with van der Waals surface area (Å²) in [6.45, 7) is 4.32. The number of amides is 1. The fraction of sp³-hybridized carbons (Fsp3) is 0.633. The van der Waals surface area contributed by atoms with Crippen molar-refractivity contribution in [1.82, 2.24) is 9.80 Å². The number of nitrogens with two attached hydrogens (primary N) is 1. The van der Waals surface area contributed by atoms with E-state index in [1.54, 1.807) is 14.1 Å². The van der Waals surface area contributed by atoms with E-state index in [4.69, 9.17) is 10.5 Å². The molecular formula is C30H39N3O8. The van der Waals surface area contributed by atoms with Crippen molar-refractivity contribution in [2.75, 3.05) is 34.3 Å². The Kier molecular flexibility index (Phi) is 7.59. The highest BCUT2D eigenvalue weighted by Gasteiger charge is 2.69. The Labute approximate surface area is 239 Å². The van der Waals surface area contributed by atoms with Crippen LogP contribution < -0.4 is 10.5 Å². The highest BCUT2D eigenvalue weighted by Crippen LogP contribution is 2.52. The predicted octanol–water partition coefficient (Wildman–Crippen LogP) is 0.498. The van der Waals surface area contributed by atoms with Crippen LogP contribution in [0.2, 0.25) is 0 Å². The van der Waals surface area contributed by atoms with Crippen molar-refractivity contribution in [2.24, 2.45) is 35.3 Å². The van der Waals surface area contributed by atoms with E-state index in [9.17, 15) is 34.2 Å². The SMILES string of the molecule is CCN(Cc1cc(O)c2c(c1OC)C[C@H]1C[C@H]3[C@H](N(C)C)C(=O)C(C(N)=O)C(=O)[C@@]3(O)C(=O)C1C2=O)CC1CCC1. The Morgan fingerprint density at radius 3 is 2.39 bits per heavy atom. The van der Waals surface area contributed by atoms with Crippen LogP contribution in [0, 0.1) is 29.6 Å². The van der Waals surface area contributed by atoms with Crippen LogP contribution in [0.5, 0.6) is 11.5 Å². The van der Waals surface area contributed by atoms with Gasteiger partial charge >= 0.3 is 0 Å². The maximum atomic E-state index is 13.9. The molecule has 3 fully saturated rings. The zero-order chi connectivity index (χ0) is 30.0. The summed E-state index contributed by atoms with van der Waals surface area (Å²) in [4.78, 5) is 70.4. The van der Waals surface area contributed by atoms with Gasteiger partial charge in [-0.15, -0.1) is 0 Å². The van der Waals surface area contributed by atoms with Gasteiger partial charge < -0.3 is 20.7 Å². The molecule has 0 bridgehead atoms. The number of Topliss-reactive ketones (excluding diaryl/α,β-unsaturated/α-hetero) is 4. The highest BCUT2D eigenvalue weighted by atomic mass is 16.5. The molecule has 11 heteroatoms. The van der Waals surface area contributed by atoms with Crippen LogP contribution in [0.15, 0.2) is 6.07 Å². The molecule has 222 valence electrons. The second-order valence-corrected chi connectivity index (χ2v) is 12.4. The summed E-state index contributed by atoms with van der Waals surface area (Å²) >= 11 is 0. The molecule has 0 heterocycles. The molecule has 4 aliphatic carbocycles. The Balaban J connectivity index is 1.56. The molecule has 0 spiro atoms. The molecular weight excluding hydrogens is 530 g/mol. The largest absolute Gasteiger partial charge is 0.507 e. The second kappa shape index (κ2) is 10.6. The van der Waals surface area contributed by atoms with Crippen LogP contribution in [0.25, 0.3) is 0 Å². The van der Waals surface area contributed by atoms with Crippen LogP contribution in [-0.4, -0.2) is 95.0 Å². The number of nitrogens with zero attached hydrogens (tertiary/aromatic N) is 2. The maximum absolute atomic E-state index is 13.9. The van der Waals surface area contributed by atoms with E-state index in [0.717, 1.165) is 18.7 Å². The third kappa shape index (κ3) is 4.40. The molecule has 0 radical (unpaired) electrons. The minimum absolute atomic E-state index is 0.000798. The molecule has 4 aliphatic rings. The zero-order valence-electron chi connectivity index (χ0n) is 24.0. The lowest BCUT2D eigenvalue weighted by Gasteiger charge is -2.52. The maximum Gasteiger partial charge on any atom is 0.235 e. The number of carbonyl (C=O) groups excluding carboxylic acids is 5. The lowest BCUT2D eigenvalue weighted by molar-refractivity contribution is -0.181. The van der Waals surface area contributed by atoms with Gasteiger partial charge in [0.05, 0.1) is 24.6 Å². The normalized spacial score (nSPS) is 31.5. The molecule has 6 atom stereocenters. The van der Waals surface area contributed by atoms with Crippen molar-refractivity contribution < 1.29 is 38.9 Å². The third-order valence-corrected chi connectivity index (χ3v) is 9.87. The number of hydrogen-bond donors (Lipinski definition) is 3. The number of phenolic OH excluding ortho intramolecular Hbond substituents is 1. The Bertz CT molecular complexity index is 1320.